The van der Waals surface area contributed by atoms with Gasteiger partial charge in [0.15, 0.2) is 0 Å². The summed E-state index contributed by atoms with van der Waals surface area (Å²) in [7, 11) is 0. The summed E-state index contributed by atoms with van der Waals surface area (Å²) in [4.78, 5) is 4.43. The van der Waals surface area contributed by atoms with E-state index in [9.17, 15) is 0 Å². The van der Waals surface area contributed by atoms with E-state index >= 15 is 0 Å². The molecule has 0 radical (unpaired) electrons. The van der Waals surface area contributed by atoms with Crippen molar-refractivity contribution in [2.24, 2.45) is 0 Å². The maximum Gasteiger partial charge on any atom is 0.0718 e. The lowest BCUT2D eigenvalue weighted by molar-refractivity contribution is 0.515. The minimum absolute atomic E-state index is 0.257. The second-order valence-corrected chi connectivity index (χ2v) is 4.89. The van der Waals surface area contributed by atoms with E-state index in [2.05, 4.69) is 46.7 Å². The van der Waals surface area contributed by atoms with Crippen LogP contribution in [-0.4, -0.2) is 11.5 Å². The molecule has 1 unspecified atom stereocenters. The molecule has 0 spiro atoms. The van der Waals surface area contributed by atoms with E-state index in [1.165, 1.54) is 5.57 Å². The Bertz CT molecular complexity index is 350. The van der Waals surface area contributed by atoms with Gasteiger partial charge in [0, 0.05) is 10.7 Å². The first kappa shape index (κ1) is 13.4. The van der Waals surface area contributed by atoms with Crippen molar-refractivity contribution in [2.45, 2.75) is 32.7 Å². The number of pyridine rings is 1. The molecule has 1 rings (SSSR count). The molecule has 0 bridgehead atoms. The third-order valence-electron chi connectivity index (χ3n) is 2.31. The van der Waals surface area contributed by atoms with Gasteiger partial charge in [-0.1, -0.05) is 12.5 Å². The summed E-state index contributed by atoms with van der Waals surface area (Å²) in [6, 6.07) is 4.22. The molecule has 16 heavy (non-hydrogen) atoms. The minimum Gasteiger partial charge on any atom is -0.308 e. The van der Waals surface area contributed by atoms with Gasteiger partial charge in [0.2, 0.25) is 0 Å². The molecular weight excluding hydrogens is 264 g/mol. The summed E-state index contributed by atoms with van der Waals surface area (Å²) in [5.74, 6) is 0. The van der Waals surface area contributed by atoms with Crippen molar-refractivity contribution in [2.75, 3.05) is 6.54 Å². The van der Waals surface area contributed by atoms with Crippen molar-refractivity contribution in [1.82, 2.24) is 10.3 Å². The summed E-state index contributed by atoms with van der Waals surface area (Å²) in [6.07, 6.45) is 3.88. The molecule has 3 heteroatoms. The minimum atomic E-state index is 0.257. The van der Waals surface area contributed by atoms with Gasteiger partial charge in [-0.05, 0) is 54.4 Å². The van der Waals surface area contributed by atoms with Crippen LogP contribution in [0.25, 0.3) is 0 Å². The summed E-state index contributed by atoms with van der Waals surface area (Å²) in [6.45, 7) is 9.19. The van der Waals surface area contributed by atoms with Crippen LogP contribution in [0, 0.1) is 0 Å². The Balaban J connectivity index is 2.82. The molecular formula is C13H19BrN2. The van der Waals surface area contributed by atoms with Crippen LogP contribution in [-0.2, 0) is 0 Å². The lowest BCUT2D eigenvalue weighted by atomic mass is 10.0. The van der Waals surface area contributed by atoms with Gasteiger partial charge in [0.05, 0.1) is 11.7 Å². The lowest BCUT2D eigenvalue weighted by Crippen LogP contribution is -2.23. The van der Waals surface area contributed by atoms with Gasteiger partial charge < -0.3 is 5.32 Å². The van der Waals surface area contributed by atoms with Gasteiger partial charge >= 0.3 is 0 Å². The van der Waals surface area contributed by atoms with Gasteiger partial charge in [-0.2, -0.15) is 0 Å². The highest BCUT2D eigenvalue weighted by molar-refractivity contribution is 9.10. The summed E-state index contributed by atoms with van der Waals surface area (Å²) in [5.41, 5.74) is 2.24. The monoisotopic (exact) mass is 282 g/mol. The van der Waals surface area contributed by atoms with Gasteiger partial charge in [-0.25, -0.2) is 0 Å². The van der Waals surface area contributed by atoms with Crippen molar-refractivity contribution in [3.8, 4) is 0 Å². The molecule has 0 saturated carbocycles. The molecule has 0 aliphatic carbocycles. The topological polar surface area (TPSA) is 24.9 Å². The molecule has 0 aromatic carbocycles. The number of nitrogens with zero attached hydrogens (tertiary/aromatic N) is 1. The number of aromatic nitrogens is 1. The van der Waals surface area contributed by atoms with Crippen LogP contribution >= 0.6 is 15.9 Å². The molecule has 1 heterocycles. The fraction of sp³-hybridized carbons (Fsp3) is 0.462. The molecule has 1 aromatic heterocycles. The van der Waals surface area contributed by atoms with Gasteiger partial charge in [0.25, 0.3) is 0 Å². The van der Waals surface area contributed by atoms with Gasteiger partial charge in [0.1, 0.15) is 0 Å². The Hall–Kier alpha value is -0.670. The molecule has 0 aliphatic rings. The predicted octanol–water partition coefficient (Wildman–Crippen LogP) is 3.85. The van der Waals surface area contributed by atoms with Crippen LogP contribution in [0.15, 0.2) is 35.0 Å². The van der Waals surface area contributed by atoms with Crippen molar-refractivity contribution in [3.05, 3.63) is 40.6 Å². The number of nitrogens with one attached hydrogen (secondary N) is 1. The standard InChI is InChI=1S/C13H19BrN2/c1-4-7-15-12(9-10(2)3)13-11(14)6-5-8-16-13/h5-6,8,12,15H,2,4,7,9H2,1,3H3. The molecule has 0 fully saturated rings. The normalized spacial score (nSPS) is 12.4. The molecule has 1 N–H and O–H groups in total. The maximum absolute atomic E-state index is 4.43. The Morgan fingerprint density at radius 2 is 2.38 bits per heavy atom. The fourth-order valence-electron chi connectivity index (χ4n) is 1.59. The third-order valence-corrected chi connectivity index (χ3v) is 2.98. The van der Waals surface area contributed by atoms with Gasteiger partial charge in [-0.3, -0.25) is 4.98 Å². The number of halogens is 1. The first-order chi connectivity index (χ1) is 7.65. The van der Waals surface area contributed by atoms with Crippen LogP contribution < -0.4 is 5.32 Å². The second kappa shape index (κ2) is 6.81. The first-order valence-corrected chi connectivity index (χ1v) is 6.42. The van der Waals surface area contributed by atoms with E-state index in [0.717, 1.165) is 29.6 Å². The summed E-state index contributed by atoms with van der Waals surface area (Å²) < 4.78 is 1.06. The van der Waals surface area contributed by atoms with Crippen LogP contribution in [0.3, 0.4) is 0 Å². The first-order valence-electron chi connectivity index (χ1n) is 5.63. The van der Waals surface area contributed by atoms with E-state index in [4.69, 9.17) is 0 Å². The molecule has 2 nitrogen and oxygen atoms in total. The molecule has 1 aromatic rings. The lowest BCUT2D eigenvalue weighted by Gasteiger charge is -2.19. The molecule has 0 saturated heterocycles. The van der Waals surface area contributed by atoms with E-state index in [-0.39, 0.29) is 6.04 Å². The quantitative estimate of drug-likeness (QED) is 0.802. The number of hydrogen-bond acceptors (Lipinski definition) is 2. The SMILES string of the molecule is C=C(C)CC(NCCC)c1ncccc1Br. The Morgan fingerprint density at radius 3 is 2.94 bits per heavy atom. The molecule has 0 amide bonds. The summed E-state index contributed by atoms with van der Waals surface area (Å²) in [5, 5.41) is 3.50. The third kappa shape index (κ3) is 4.06. The summed E-state index contributed by atoms with van der Waals surface area (Å²) >= 11 is 3.55. The maximum atomic E-state index is 4.43. The average Bonchev–Trinajstić information content (AvgIpc) is 2.24. The van der Waals surface area contributed by atoms with Crippen LogP contribution in [0.1, 0.15) is 38.4 Å². The highest BCUT2D eigenvalue weighted by Gasteiger charge is 2.14. The van der Waals surface area contributed by atoms with Crippen molar-refractivity contribution in [3.63, 3.8) is 0 Å². The predicted molar refractivity (Wildman–Crippen MR) is 72.4 cm³/mol. The van der Waals surface area contributed by atoms with E-state index in [0.29, 0.717) is 0 Å². The Labute approximate surface area is 106 Å². The molecule has 88 valence electrons. The van der Waals surface area contributed by atoms with Crippen LogP contribution in [0.2, 0.25) is 0 Å². The van der Waals surface area contributed by atoms with E-state index in [1.807, 2.05) is 18.3 Å². The zero-order valence-corrected chi connectivity index (χ0v) is 11.5. The number of rotatable bonds is 6. The van der Waals surface area contributed by atoms with Gasteiger partial charge in [-0.15, -0.1) is 6.58 Å². The van der Waals surface area contributed by atoms with E-state index in [1.54, 1.807) is 0 Å². The molecule has 1 atom stereocenters. The zero-order valence-electron chi connectivity index (χ0n) is 9.96. The largest absolute Gasteiger partial charge is 0.308 e. The van der Waals surface area contributed by atoms with E-state index < -0.39 is 0 Å². The highest BCUT2D eigenvalue weighted by atomic mass is 79.9. The zero-order chi connectivity index (χ0) is 12.0. The fourth-order valence-corrected chi connectivity index (χ4v) is 2.12. The van der Waals surface area contributed by atoms with Crippen LogP contribution in [0.4, 0.5) is 0 Å². The van der Waals surface area contributed by atoms with Crippen molar-refractivity contribution >= 4 is 15.9 Å². The number of hydrogen-bond donors (Lipinski definition) is 1. The van der Waals surface area contributed by atoms with Crippen LogP contribution in [0.5, 0.6) is 0 Å². The second-order valence-electron chi connectivity index (χ2n) is 4.04. The highest BCUT2D eigenvalue weighted by Crippen LogP contribution is 2.25. The van der Waals surface area contributed by atoms with Crippen molar-refractivity contribution in [1.29, 1.82) is 0 Å². The average molecular weight is 283 g/mol. The smallest absolute Gasteiger partial charge is 0.0718 e. The van der Waals surface area contributed by atoms with Crippen molar-refractivity contribution < 1.29 is 0 Å². The Kier molecular flexibility index (Phi) is 5.71. The molecule has 0 aliphatic heterocycles. The Morgan fingerprint density at radius 1 is 1.62 bits per heavy atom.